The van der Waals surface area contributed by atoms with Crippen LogP contribution in [0, 0.1) is 0 Å². The molecule has 0 fully saturated rings. The van der Waals surface area contributed by atoms with Crippen LogP contribution in [0.3, 0.4) is 0 Å². The minimum absolute atomic E-state index is 0. The van der Waals surface area contributed by atoms with Gasteiger partial charge in [-0.1, -0.05) is 0 Å². The highest BCUT2D eigenvalue weighted by atomic mass is 35.5. The molecule has 0 amide bonds. The minimum atomic E-state index is -3.45. The summed E-state index contributed by atoms with van der Waals surface area (Å²) in [5.41, 5.74) is 0.950. The van der Waals surface area contributed by atoms with Crippen molar-refractivity contribution >= 4 is 22.4 Å². The van der Waals surface area contributed by atoms with Crippen molar-refractivity contribution in [2.24, 2.45) is 0 Å². The smallest absolute Gasteiger partial charge is 0.240 e. The van der Waals surface area contributed by atoms with E-state index in [-0.39, 0.29) is 12.4 Å². The van der Waals surface area contributed by atoms with Crippen LogP contribution in [0.4, 0.5) is 0 Å². The molecule has 6 nitrogen and oxygen atoms in total. The summed E-state index contributed by atoms with van der Waals surface area (Å²) in [6, 6.07) is 4.97. The Bertz CT molecular complexity index is 551. The minimum Gasteiger partial charge on any atom is -0.493 e. The molecule has 1 aromatic rings. The number of halogens is 1. The summed E-state index contributed by atoms with van der Waals surface area (Å²) in [7, 11) is -1.82. The van der Waals surface area contributed by atoms with Crippen molar-refractivity contribution < 1.29 is 17.9 Å². The van der Waals surface area contributed by atoms with E-state index in [1.807, 2.05) is 0 Å². The summed E-state index contributed by atoms with van der Waals surface area (Å²) < 4.78 is 37.1. The summed E-state index contributed by atoms with van der Waals surface area (Å²) in [5, 5.41) is 3.08. The molecule has 0 atom stereocenters. The predicted molar refractivity (Wildman–Crippen MR) is 82.8 cm³/mol. The molecule has 1 aromatic carbocycles. The molecule has 0 saturated carbocycles. The quantitative estimate of drug-likeness (QED) is 0.678. The number of rotatable bonds is 8. The fraction of sp³-hybridized carbons (Fsp3) is 0.538. The molecule has 8 heteroatoms. The number of sulfonamides is 1. The lowest BCUT2D eigenvalue weighted by Gasteiger charge is -2.08. The molecule has 0 aliphatic carbocycles. The SMILES string of the molecule is COCCNCCNS(=O)(=O)c1ccc2c(c1)CCO2.Cl. The van der Waals surface area contributed by atoms with E-state index in [1.165, 1.54) is 0 Å². The average Bonchev–Trinajstić information content (AvgIpc) is 2.90. The van der Waals surface area contributed by atoms with Gasteiger partial charge in [0.15, 0.2) is 0 Å². The second kappa shape index (κ2) is 8.55. The van der Waals surface area contributed by atoms with Gasteiger partial charge in [0.2, 0.25) is 10.0 Å². The van der Waals surface area contributed by atoms with Gasteiger partial charge in [-0.05, 0) is 23.8 Å². The molecule has 120 valence electrons. The predicted octanol–water partition coefficient (Wildman–Crippen LogP) is 0.558. The van der Waals surface area contributed by atoms with Gasteiger partial charge in [0.05, 0.1) is 18.1 Å². The monoisotopic (exact) mass is 336 g/mol. The Morgan fingerprint density at radius 1 is 1.29 bits per heavy atom. The van der Waals surface area contributed by atoms with Crippen LogP contribution in [0.25, 0.3) is 0 Å². The van der Waals surface area contributed by atoms with Crippen molar-refractivity contribution in [3.63, 3.8) is 0 Å². The van der Waals surface area contributed by atoms with Crippen molar-refractivity contribution in [3.05, 3.63) is 23.8 Å². The number of ether oxygens (including phenoxy) is 2. The fourth-order valence-electron chi connectivity index (χ4n) is 1.99. The Balaban J connectivity index is 0.00000220. The van der Waals surface area contributed by atoms with E-state index in [4.69, 9.17) is 9.47 Å². The highest BCUT2D eigenvalue weighted by molar-refractivity contribution is 7.89. The Hall–Kier alpha value is -0.860. The molecule has 1 heterocycles. The number of hydrogen-bond acceptors (Lipinski definition) is 5. The lowest BCUT2D eigenvalue weighted by Crippen LogP contribution is -2.33. The highest BCUT2D eigenvalue weighted by Gasteiger charge is 2.18. The van der Waals surface area contributed by atoms with Gasteiger partial charge < -0.3 is 14.8 Å². The zero-order valence-corrected chi connectivity index (χ0v) is 13.6. The molecule has 0 saturated heterocycles. The summed E-state index contributed by atoms with van der Waals surface area (Å²) in [5.74, 6) is 0.783. The molecule has 0 aromatic heterocycles. The van der Waals surface area contributed by atoms with E-state index >= 15 is 0 Å². The molecular weight excluding hydrogens is 316 g/mol. The van der Waals surface area contributed by atoms with E-state index < -0.39 is 10.0 Å². The maximum atomic E-state index is 12.1. The average molecular weight is 337 g/mol. The molecule has 1 aliphatic rings. The summed E-state index contributed by atoms with van der Waals surface area (Å²) in [4.78, 5) is 0.290. The van der Waals surface area contributed by atoms with Gasteiger partial charge in [0, 0.05) is 33.2 Å². The van der Waals surface area contributed by atoms with Crippen molar-refractivity contribution in [1.29, 1.82) is 0 Å². The molecule has 21 heavy (non-hydrogen) atoms. The first kappa shape index (κ1) is 18.2. The van der Waals surface area contributed by atoms with E-state index in [1.54, 1.807) is 25.3 Å². The van der Waals surface area contributed by atoms with Gasteiger partial charge in [-0.3, -0.25) is 0 Å². The number of hydrogen-bond donors (Lipinski definition) is 2. The van der Waals surface area contributed by atoms with Crippen molar-refractivity contribution in [1.82, 2.24) is 10.0 Å². The Labute approximate surface area is 131 Å². The van der Waals surface area contributed by atoms with Crippen molar-refractivity contribution in [2.75, 3.05) is 40.0 Å². The third kappa shape index (κ3) is 5.12. The van der Waals surface area contributed by atoms with Crippen molar-refractivity contribution in [3.8, 4) is 5.75 Å². The van der Waals surface area contributed by atoms with Gasteiger partial charge in [0.1, 0.15) is 5.75 Å². The molecule has 2 N–H and O–H groups in total. The van der Waals surface area contributed by atoms with Gasteiger partial charge in [-0.25, -0.2) is 13.1 Å². The standard InChI is InChI=1S/C13H20N2O4S.ClH/c1-18-9-7-14-5-6-15-20(16,17)12-2-3-13-11(10-12)4-8-19-13;/h2-3,10,14-15H,4-9H2,1H3;1H. The summed E-state index contributed by atoms with van der Waals surface area (Å²) >= 11 is 0. The zero-order valence-electron chi connectivity index (χ0n) is 11.9. The molecule has 0 radical (unpaired) electrons. The van der Waals surface area contributed by atoms with Gasteiger partial charge in [-0.15, -0.1) is 12.4 Å². The molecule has 0 spiro atoms. The van der Waals surface area contributed by atoms with Crippen LogP contribution in [0.15, 0.2) is 23.1 Å². The van der Waals surface area contributed by atoms with Crippen LogP contribution in [0.1, 0.15) is 5.56 Å². The van der Waals surface area contributed by atoms with Gasteiger partial charge in [0.25, 0.3) is 0 Å². The topological polar surface area (TPSA) is 76.7 Å². The van der Waals surface area contributed by atoms with Gasteiger partial charge in [-0.2, -0.15) is 0 Å². The van der Waals surface area contributed by atoms with Crippen molar-refractivity contribution in [2.45, 2.75) is 11.3 Å². The van der Waals surface area contributed by atoms with Crippen LogP contribution < -0.4 is 14.8 Å². The maximum absolute atomic E-state index is 12.1. The molecule has 2 rings (SSSR count). The largest absolute Gasteiger partial charge is 0.493 e. The fourth-order valence-corrected chi connectivity index (χ4v) is 3.07. The number of benzene rings is 1. The lowest BCUT2D eigenvalue weighted by molar-refractivity contribution is 0.199. The number of nitrogens with one attached hydrogen (secondary N) is 2. The van der Waals surface area contributed by atoms with Crippen LogP contribution in [0.2, 0.25) is 0 Å². The summed E-state index contributed by atoms with van der Waals surface area (Å²) in [6.45, 7) is 2.85. The lowest BCUT2D eigenvalue weighted by atomic mass is 10.2. The zero-order chi connectivity index (χ0) is 14.4. The molecule has 0 bridgehead atoms. The third-order valence-corrected chi connectivity index (χ3v) is 4.51. The molecule has 1 aliphatic heterocycles. The number of methoxy groups -OCH3 is 1. The van der Waals surface area contributed by atoms with Crippen LogP contribution in [0.5, 0.6) is 5.75 Å². The second-order valence-corrected chi connectivity index (χ2v) is 6.28. The Morgan fingerprint density at radius 2 is 2.10 bits per heavy atom. The van der Waals surface area contributed by atoms with E-state index in [2.05, 4.69) is 10.0 Å². The molecule has 0 unspecified atom stereocenters. The second-order valence-electron chi connectivity index (χ2n) is 4.51. The van der Waals surface area contributed by atoms with E-state index in [0.717, 1.165) is 17.7 Å². The number of fused-ring (bicyclic) bond motifs is 1. The van der Waals surface area contributed by atoms with Crippen LogP contribution >= 0.6 is 12.4 Å². The normalized spacial score (nSPS) is 13.4. The Kier molecular flexibility index (Phi) is 7.41. The first-order chi connectivity index (χ1) is 9.63. The Morgan fingerprint density at radius 3 is 2.86 bits per heavy atom. The maximum Gasteiger partial charge on any atom is 0.240 e. The van der Waals surface area contributed by atoms with E-state index in [9.17, 15) is 8.42 Å². The summed E-state index contributed by atoms with van der Waals surface area (Å²) in [6.07, 6.45) is 0.761. The van der Waals surface area contributed by atoms with E-state index in [0.29, 0.717) is 37.7 Å². The molecular formula is C13H21ClN2O4S. The van der Waals surface area contributed by atoms with Crippen LogP contribution in [-0.2, 0) is 21.2 Å². The third-order valence-electron chi connectivity index (χ3n) is 3.05. The van der Waals surface area contributed by atoms with Gasteiger partial charge >= 0.3 is 0 Å². The van der Waals surface area contributed by atoms with Crippen LogP contribution in [-0.4, -0.2) is 48.4 Å². The first-order valence-electron chi connectivity index (χ1n) is 6.58. The highest BCUT2D eigenvalue weighted by Crippen LogP contribution is 2.27. The first-order valence-corrected chi connectivity index (χ1v) is 8.07.